The summed E-state index contributed by atoms with van der Waals surface area (Å²) in [7, 11) is 0. The summed E-state index contributed by atoms with van der Waals surface area (Å²) in [5.41, 5.74) is 1.86. The Kier molecular flexibility index (Phi) is 3.87. The number of nitrogens with zero attached hydrogens (tertiary/aromatic N) is 1. The molecule has 0 bridgehead atoms. The van der Waals surface area contributed by atoms with Crippen molar-refractivity contribution in [2.75, 3.05) is 0 Å². The molecule has 0 aliphatic heterocycles. The standard InChI is InChI=1S/C18H18N2O2S/c21-17-16-15(10-23-18(16)20-11-19-17)12-6-8-14(9-7-12)22-13-4-2-1-3-5-13/h6-11,13H,1-5H2,(H,19,20,21). The lowest BCUT2D eigenvalue weighted by atomic mass is 9.98. The van der Waals surface area contributed by atoms with Crippen molar-refractivity contribution in [3.05, 3.63) is 46.3 Å². The fourth-order valence-electron chi connectivity index (χ4n) is 3.18. The first-order chi connectivity index (χ1) is 11.3. The summed E-state index contributed by atoms with van der Waals surface area (Å²) < 4.78 is 6.06. The molecule has 1 aliphatic carbocycles. The quantitative estimate of drug-likeness (QED) is 0.778. The molecular formula is C18H18N2O2S. The molecule has 3 aromatic rings. The second-order valence-corrected chi connectivity index (χ2v) is 6.82. The second-order valence-electron chi connectivity index (χ2n) is 5.96. The molecule has 118 valence electrons. The van der Waals surface area contributed by atoms with Crippen molar-refractivity contribution < 1.29 is 4.74 Å². The van der Waals surface area contributed by atoms with Gasteiger partial charge >= 0.3 is 0 Å². The van der Waals surface area contributed by atoms with Crippen molar-refractivity contribution in [1.82, 2.24) is 9.97 Å². The minimum absolute atomic E-state index is 0.0891. The smallest absolute Gasteiger partial charge is 0.260 e. The molecule has 1 aliphatic rings. The molecule has 23 heavy (non-hydrogen) atoms. The number of hydrogen-bond donors (Lipinski definition) is 1. The van der Waals surface area contributed by atoms with E-state index in [1.54, 1.807) is 0 Å². The van der Waals surface area contributed by atoms with Crippen molar-refractivity contribution in [3.63, 3.8) is 0 Å². The lowest BCUT2D eigenvalue weighted by Crippen LogP contribution is -2.19. The Morgan fingerprint density at radius 2 is 1.91 bits per heavy atom. The normalized spacial score (nSPS) is 15.8. The number of aromatic amines is 1. The highest BCUT2D eigenvalue weighted by Crippen LogP contribution is 2.32. The second kappa shape index (κ2) is 6.16. The zero-order chi connectivity index (χ0) is 15.6. The van der Waals surface area contributed by atoms with Gasteiger partial charge in [0.2, 0.25) is 0 Å². The highest BCUT2D eigenvalue weighted by molar-refractivity contribution is 7.17. The van der Waals surface area contributed by atoms with Crippen molar-refractivity contribution in [2.45, 2.75) is 38.2 Å². The Hall–Kier alpha value is -2.14. The lowest BCUT2D eigenvalue weighted by molar-refractivity contribution is 0.155. The van der Waals surface area contributed by atoms with E-state index in [4.69, 9.17) is 4.74 Å². The van der Waals surface area contributed by atoms with E-state index in [-0.39, 0.29) is 5.56 Å². The van der Waals surface area contributed by atoms with Gasteiger partial charge in [0.25, 0.3) is 5.56 Å². The number of thiophene rings is 1. The molecule has 5 heteroatoms. The average Bonchev–Trinajstić information content (AvgIpc) is 3.02. The summed E-state index contributed by atoms with van der Waals surface area (Å²) in [6, 6.07) is 8.04. The van der Waals surface area contributed by atoms with Crippen LogP contribution < -0.4 is 10.3 Å². The van der Waals surface area contributed by atoms with Gasteiger partial charge in [0, 0.05) is 10.9 Å². The zero-order valence-electron chi connectivity index (χ0n) is 12.7. The number of nitrogens with one attached hydrogen (secondary N) is 1. The predicted molar refractivity (Wildman–Crippen MR) is 93.2 cm³/mol. The maximum atomic E-state index is 12.1. The molecule has 4 nitrogen and oxygen atoms in total. The van der Waals surface area contributed by atoms with Gasteiger partial charge in [0.05, 0.1) is 17.8 Å². The molecular weight excluding hydrogens is 308 g/mol. The first-order valence-corrected chi connectivity index (χ1v) is 8.91. The fourth-order valence-corrected chi connectivity index (χ4v) is 4.10. The molecule has 0 atom stereocenters. The van der Waals surface area contributed by atoms with Crippen molar-refractivity contribution in [2.24, 2.45) is 0 Å². The van der Waals surface area contributed by atoms with E-state index in [0.717, 1.165) is 34.5 Å². The third kappa shape index (κ3) is 2.88. The van der Waals surface area contributed by atoms with Crippen LogP contribution in [0.15, 0.2) is 40.8 Å². The summed E-state index contributed by atoms with van der Waals surface area (Å²) in [6.45, 7) is 0. The van der Waals surface area contributed by atoms with E-state index in [1.165, 1.54) is 36.9 Å². The Morgan fingerprint density at radius 3 is 2.70 bits per heavy atom. The molecule has 1 fully saturated rings. The topological polar surface area (TPSA) is 55.0 Å². The monoisotopic (exact) mass is 326 g/mol. The number of ether oxygens (including phenoxy) is 1. The Balaban J connectivity index is 1.61. The van der Waals surface area contributed by atoms with Gasteiger partial charge in [-0.2, -0.15) is 0 Å². The SMILES string of the molecule is O=c1[nH]cnc2scc(-c3ccc(OC4CCCCC4)cc3)c12. The molecule has 0 radical (unpaired) electrons. The van der Waals surface area contributed by atoms with Crippen LogP contribution in [0, 0.1) is 0 Å². The van der Waals surface area contributed by atoms with Gasteiger partial charge in [-0.25, -0.2) is 4.98 Å². The van der Waals surface area contributed by atoms with Gasteiger partial charge in [-0.05, 0) is 43.4 Å². The van der Waals surface area contributed by atoms with Gasteiger partial charge in [-0.1, -0.05) is 18.6 Å². The molecule has 4 rings (SSSR count). The van der Waals surface area contributed by atoms with Crippen LogP contribution in [0.5, 0.6) is 5.75 Å². The fraction of sp³-hybridized carbons (Fsp3) is 0.333. The van der Waals surface area contributed by atoms with Crippen LogP contribution in [0.25, 0.3) is 21.3 Å². The van der Waals surface area contributed by atoms with Crippen molar-refractivity contribution in [3.8, 4) is 16.9 Å². The molecule has 1 N–H and O–H groups in total. The van der Waals surface area contributed by atoms with Crippen LogP contribution in [0.2, 0.25) is 0 Å². The van der Waals surface area contributed by atoms with Crippen LogP contribution in [-0.2, 0) is 0 Å². The maximum absolute atomic E-state index is 12.1. The average molecular weight is 326 g/mol. The van der Waals surface area contributed by atoms with Gasteiger partial charge in [0.1, 0.15) is 10.6 Å². The van der Waals surface area contributed by atoms with Crippen LogP contribution in [0.3, 0.4) is 0 Å². The molecule has 2 heterocycles. The van der Waals surface area contributed by atoms with Crippen LogP contribution in [-0.4, -0.2) is 16.1 Å². The van der Waals surface area contributed by atoms with Crippen molar-refractivity contribution >= 4 is 21.6 Å². The third-order valence-electron chi connectivity index (χ3n) is 4.40. The number of rotatable bonds is 3. The lowest BCUT2D eigenvalue weighted by Gasteiger charge is -2.23. The highest BCUT2D eigenvalue weighted by atomic mass is 32.1. The van der Waals surface area contributed by atoms with E-state index < -0.39 is 0 Å². The number of hydrogen-bond acceptors (Lipinski definition) is 4. The van der Waals surface area contributed by atoms with Gasteiger partial charge < -0.3 is 9.72 Å². The van der Waals surface area contributed by atoms with Crippen LogP contribution in [0.4, 0.5) is 0 Å². The highest BCUT2D eigenvalue weighted by Gasteiger charge is 2.15. The van der Waals surface area contributed by atoms with Crippen molar-refractivity contribution in [1.29, 1.82) is 0 Å². The van der Waals surface area contributed by atoms with E-state index in [9.17, 15) is 4.79 Å². The Labute approximate surface area is 138 Å². The van der Waals surface area contributed by atoms with Crippen LogP contribution in [0.1, 0.15) is 32.1 Å². The number of aromatic nitrogens is 2. The van der Waals surface area contributed by atoms with Gasteiger partial charge in [-0.3, -0.25) is 4.79 Å². The first kappa shape index (κ1) is 14.5. The summed E-state index contributed by atoms with van der Waals surface area (Å²) in [6.07, 6.45) is 7.96. The van der Waals surface area contributed by atoms with Gasteiger partial charge in [-0.15, -0.1) is 11.3 Å². The summed E-state index contributed by atoms with van der Waals surface area (Å²) in [5, 5.41) is 2.66. The van der Waals surface area contributed by atoms with E-state index >= 15 is 0 Å². The van der Waals surface area contributed by atoms with E-state index in [0.29, 0.717) is 11.5 Å². The summed E-state index contributed by atoms with van der Waals surface area (Å²) in [4.78, 5) is 19.7. The first-order valence-electron chi connectivity index (χ1n) is 8.03. The van der Waals surface area contributed by atoms with E-state index in [2.05, 4.69) is 9.97 Å². The number of benzene rings is 1. The molecule has 0 saturated heterocycles. The predicted octanol–water partition coefficient (Wildman–Crippen LogP) is 4.36. The molecule has 1 saturated carbocycles. The summed E-state index contributed by atoms with van der Waals surface area (Å²) in [5.74, 6) is 0.909. The minimum atomic E-state index is -0.0891. The molecule has 0 unspecified atom stereocenters. The number of H-pyrrole nitrogens is 1. The molecule has 0 amide bonds. The number of fused-ring (bicyclic) bond motifs is 1. The Morgan fingerprint density at radius 1 is 1.13 bits per heavy atom. The largest absolute Gasteiger partial charge is 0.490 e. The molecule has 1 aromatic carbocycles. The Bertz CT molecular complexity index is 861. The maximum Gasteiger partial charge on any atom is 0.260 e. The zero-order valence-corrected chi connectivity index (χ0v) is 13.6. The third-order valence-corrected chi connectivity index (χ3v) is 5.28. The summed E-state index contributed by atoms with van der Waals surface area (Å²) >= 11 is 1.49. The molecule has 0 spiro atoms. The molecule has 2 aromatic heterocycles. The van der Waals surface area contributed by atoms with Crippen LogP contribution >= 0.6 is 11.3 Å². The van der Waals surface area contributed by atoms with Gasteiger partial charge in [0.15, 0.2) is 0 Å². The minimum Gasteiger partial charge on any atom is -0.490 e. The van der Waals surface area contributed by atoms with E-state index in [1.807, 2.05) is 29.6 Å².